The molecule has 3 N–H and O–H groups in total. The van der Waals surface area contributed by atoms with Gasteiger partial charge in [-0.15, -0.1) is 12.4 Å². The largest absolute Gasteiger partial charge is 0.338 e. The van der Waals surface area contributed by atoms with E-state index in [1.54, 1.807) is 4.90 Å². The Hall–Kier alpha value is -1.26. The molecule has 1 fully saturated rings. The molecule has 1 atom stereocenters. The van der Waals surface area contributed by atoms with Crippen LogP contribution in [0.3, 0.4) is 0 Å². The lowest BCUT2D eigenvalue weighted by atomic mass is 10.1. The van der Waals surface area contributed by atoms with Crippen LogP contribution < -0.4 is 11.1 Å². The Bertz CT molecular complexity index is 372. The second kappa shape index (κ2) is 7.24. The van der Waals surface area contributed by atoms with Gasteiger partial charge in [-0.05, 0) is 18.4 Å². The van der Waals surface area contributed by atoms with E-state index in [1.165, 1.54) is 5.56 Å². The molecule has 0 bridgehead atoms. The van der Waals surface area contributed by atoms with Crippen molar-refractivity contribution in [3.8, 4) is 0 Å². The zero-order valence-corrected chi connectivity index (χ0v) is 11.2. The van der Waals surface area contributed by atoms with Crippen LogP contribution in [0, 0.1) is 0 Å². The lowest BCUT2D eigenvalue weighted by Gasteiger charge is -2.16. The Kier molecular flexibility index (Phi) is 5.95. The van der Waals surface area contributed by atoms with E-state index in [9.17, 15) is 4.79 Å². The van der Waals surface area contributed by atoms with Gasteiger partial charge >= 0.3 is 6.03 Å². The predicted molar refractivity (Wildman–Crippen MR) is 75.0 cm³/mol. The first kappa shape index (κ1) is 14.8. The minimum atomic E-state index is 0. The van der Waals surface area contributed by atoms with Gasteiger partial charge in [-0.25, -0.2) is 4.79 Å². The quantitative estimate of drug-likeness (QED) is 0.871. The number of carbonyl (C=O) groups excluding carboxylic acids is 1. The Balaban J connectivity index is 0.00000162. The van der Waals surface area contributed by atoms with Crippen molar-refractivity contribution in [2.45, 2.75) is 18.9 Å². The van der Waals surface area contributed by atoms with Crippen molar-refractivity contribution in [2.24, 2.45) is 5.73 Å². The van der Waals surface area contributed by atoms with E-state index < -0.39 is 0 Å². The molecular formula is C13H20ClN3O. The summed E-state index contributed by atoms with van der Waals surface area (Å²) in [4.78, 5) is 13.5. The van der Waals surface area contributed by atoms with Crippen LogP contribution in [0.2, 0.25) is 0 Å². The van der Waals surface area contributed by atoms with Crippen molar-refractivity contribution in [1.82, 2.24) is 10.2 Å². The first-order valence-electron chi connectivity index (χ1n) is 6.08. The van der Waals surface area contributed by atoms with Crippen molar-refractivity contribution >= 4 is 18.4 Å². The number of nitrogens with one attached hydrogen (secondary N) is 1. The van der Waals surface area contributed by atoms with Crippen LogP contribution in [-0.4, -0.2) is 36.6 Å². The number of likely N-dealkylation sites (tertiary alicyclic amines) is 1. The summed E-state index contributed by atoms with van der Waals surface area (Å²) in [6.45, 7) is 2.13. The summed E-state index contributed by atoms with van der Waals surface area (Å²) in [7, 11) is 0. The lowest BCUT2D eigenvalue weighted by molar-refractivity contribution is 0.208. The van der Waals surface area contributed by atoms with Crippen LogP contribution in [-0.2, 0) is 6.42 Å². The maximum atomic E-state index is 11.7. The molecule has 5 heteroatoms. The molecule has 2 amide bonds. The van der Waals surface area contributed by atoms with Gasteiger partial charge in [0.1, 0.15) is 0 Å². The first-order chi connectivity index (χ1) is 8.25. The highest BCUT2D eigenvalue weighted by atomic mass is 35.5. The van der Waals surface area contributed by atoms with Gasteiger partial charge in [0, 0.05) is 25.7 Å². The number of rotatable bonds is 3. The zero-order valence-electron chi connectivity index (χ0n) is 10.3. The third-order valence-corrected chi connectivity index (χ3v) is 3.04. The molecule has 1 aromatic rings. The number of nitrogens with zero attached hydrogens (tertiary/aromatic N) is 1. The fourth-order valence-corrected chi connectivity index (χ4v) is 2.04. The van der Waals surface area contributed by atoms with Gasteiger partial charge in [0.2, 0.25) is 0 Å². The summed E-state index contributed by atoms with van der Waals surface area (Å²) >= 11 is 0. The molecule has 1 heterocycles. The smallest absolute Gasteiger partial charge is 0.317 e. The molecule has 1 saturated heterocycles. The van der Waals surface area contributed by atoms with E-state index in [2.05, 4.69) is 17.4 Å². The minimum absolute atomic E-state index is 0. The highest BCUT2D eigenvalue weighted by Gasteiger charge is 2.22. The van der Waals surface area contributed by atoms with Crippen molar-refractivity contribution < 1.29 is 4.79 Å². The van der Waals surface area contributed by atoms with Crippen molar-refractivity contribution in [3.63, 3.8) is 0 Å². The van der Waals surface area contributed by atoms with Crippen molar-refractivity contribution in [3.05, 3.63) is 35.9 Å². The molecule has 4 nitrogen and oxygen atoms in total. The second-order valence-corrected chi connectivity index (χ2v) is 4.46. The van der Waals surface area contributed by atoms with Crippen LogP contribution >= 0.6 is 12.4 Å². The Labute approximate surface area is 114 Å². The third-order valence-electron chi connectivity index (χ3n) is 3.04. The minimum Gasteiger partial charge on any atom is -0.338 e. The number of benzene rings is 1. The Morgan fingerprint density at radius 1 is 1.39 bits per heavy atom. The standard InChI is InChI=1S/C13H19N3O.ClH/c14-12-7-9-16(10-12)13(17)15-8-6-11-4-2-1-3-5-11;/h1-5,12H,6-10,14H2,(H,15,17);1H. The predicted octanol–water partition coefficient (Wildman–Crippen LogP) is 1.39. The normalized spacial score (nSPS) is 18.3. The van der Waals surface area contributed by atoms with Gasteiger partial charge in [0.15, 0.2) is 0 Å². The number of hydrogen-bond acceptors (Lipinski definition) is 2. The summed E-state index contributed by atoms with van der Waals surface area (Å²) in [5, 5.41) is 2.93. The molecule has 1 unspecified atom stereocenters. The first-order valence-corrected chi connectivity index (χ1v) is 6.08. The number of amides is 2. The van der Waals surface area contributed by atoms with Crippen LogP contribution in [0.1, 0.15) is 12.0 Å². The Morgan fingerprint density at radius 3 is 2.72 bits per heavy atom. The molecule has 1 aliphatic rings. The van der Waals surface area contributed by atoms with Gasteiger partial charge in [0.05, 0.1) is 0 Å². The monoisotopic (exact) mass is 269 g/mol. The summed E-state index contributed by atoms with van der Waals surface area (Å²) in [5.74, 6) is 0. The van der Waals surface area contributed by atoms with E-state index in [-0.39, 0.29) is 24.5 Å². The molecule has 0 radical (unpaired) electrons. The van der Waals surface area contributed by atoms with Crippen LogP contribution in [0.15, 0.2) is 30.3 Å². The molecule has 18 heavy (non-hydrogen) atoms. The number of hydrogen-bond donors (Lipinski definition) is 2. The zero-order chi connectivity index (χ0) is 12.1. The van der Waals surface area contributed by atoms with Crippen LogP contribution in [0.4, 0.5) is 4.79 Å². The number of nitrogens with two attached hydrogens (primary N) is 1. The average Bonchev–Trinajstić information content (AvgIpc) is 2.77. The molecular weight excluding hydrogens is 250 g/mol. The highest BCUT2D eigenvalue weighted by molar-refractivity contribution is 5.85. The van der Waals surface area contributed by atoms with Crippen LogP contribution in [0.5, 0.6) is 0 Å². The number of carbonyl (C=O) groups is 1. The summed E-state index contributed by atoms with van der Waals surface area (Å²) in [5.41, 5.74) is 7.00. The molecule has 0 spiro atoms. The topological polar surface area (TPSA) is 58.4 Å². The fraction of sp³-hybridized carbons (Fsp3) is 0.462. The van der Waals surface area contributed by atoms with Gasteiger partial charge in [-0.3, -0.25) is 0 Å². The van der Waals surface area contributed by atoms with Crippen molar-refractivity contribution in [1.29, 1.82) is 0 Å². The van der Waals surface area contributed by atoms with Crippen molar-refractivity contribution in [2.75, 3.05) is 19.6 Å². The lowest BCUT2D eigenvalue weighted by Crippen LogP contribution is -2.40. The van der Waals surface area contributed by atoms with Crippen LogP contribution in [0.25, 0.3) is 0 Å². The molecule has 2 rings (SSSR count). The fourth-order valence-electron chi connectivity index (χ4n) is 2.04. The maximum absolute atomic E-state index is 11.7. The summed E-state index contributed by atoms with van der Waals surface area (Å²) < 4.78 is 0. The summed E-state index contributed by atoms with van der Waals surface area (Å²) in [6.07, 6.45) is 1.78. The molecule has 0 aliphatic carbocycles. The molecule has 0 aromatic heterocycles. The highest BCUT2D eigenvalue weighted by Crippen LogP contribution is 2.06. The van der Waals surface area contributed by atoms with E-state index >= 15 is 0 Å². The maximum Gasteiger partial charge on any atom is 0.317 e. The molecule has 0 saturated carbocycles. The number of halogens is 1. The van der Waals surface area contributed by atoms with E-state index in [1.807, 2.05) is 18.2 Å². The van der Waals surface area contributed by atoms with Gasteiger partial charge in [-0.1, -0.05) is 30.3 Å². The van der Waals surface area contributed by atoms with Gasteiger partial charge in [-0.2, -0.15) is 0 Å². The van der Waals surface area contributed by atoms with E-state index in [0.29, 0.717) is 13.1 Å². The SMILES string of the molecule is Cl.NC1CCN(C(=O)NCCc2ccccc2)C1. The van der Waals surface area contributed by atoms with Gasteiger partial charge in [0.25, 0.3) is 0 Å². The van der Waals surface area contributed by atoms with E-state index in [0.717, 1.165) is 19.4 Å². The summed E-state index contributed by atoms with van der Waals surface area (Å²) in [6, 6.07) is 10.3. The molecule has 1 aromatic carbocycles. The molecule has 1 aliphatic heterocycles. The van der Waals surface area contributed by atoms with Gasteiger partial charge < -0.3 is 16.0 Å². The molecule has 100 valence electrons. The Morgan fingerprint density at radius 2 is 2.11 bits per heavy atom. The second-order valence-electron chi connectivity index (χ2n) is 4.46. The third kappa shape index (κ3) is 4.20. The van der Waals surface area contributed by atoms with E-state index in [4.69, 9.17) is 5.73 Å². The number of urea groups is 1. The average molecular weight is 270 g/mol.